The number of aromatic nitrogens is 2. The average Bonchev–Trinajstić information content (AvgIpc) is 2.79. The van der Waals surface area contributed by atoms with E-state index in [1.54, 1.807) is 6.92 Å². The highest BCUT2D eigenvalue weighted by Crippen LogP contribution is 2.26. The minimum absolute atomic E-state index is 0.188. The van der Waals surface area contributed by atoms with Gasteiger partial charge in [0.25, 0.3) is 5.56 Å². The summed E-state index contributed by atoms with van der Waals surface area (Å²) in [7, 11) is 0. The molecule has 7 nitrogen and oxygen atoms in total. The molecule has 2 heterocycles. The molecule has 2 rings (SSSR count). The van der Waals surface area contributed by atoms with E-state index in [0.29, 0.717) is 18.5 Å². The van der Waals surface area contributed by atoms with Crippen LogP contribution in [-0.2, 0) is 0 Å². The zero-order valence-electron chi connectivity index (χ0n) is 10.1. The first kappa shape index (κ1) is 13.0. The maximum absolute atomic E-state index is 11.7. The molecule has 0 aromatic carbocycles. The van der Waals surface area contributed by atoms with E-state index in [-0.39, 0.29) is 19.3 Å². The summed E-state index contributed by atoms with van der Waals surface area (Å²) in [6.45, 7) is 1.70. The van der Waals surface area contributed by atoms with Crippen LogP contribution >= 0.6 is 0 Å². The molecule has 0 bridgehead atoms. The molecule has 0 radical (unpaired) electrons. The molecule has 1 atom stereocenters. The van der Waals surface area contributed by atoms with Gasteiger partial charge in [-0.2, -0.15) is 0 Å². The largest absolute Gasteiger partial charge is 0.394 e. The second kappa shape index (κ2) is 4.68. The van der Waals surface area contributed by atoms with Crippen LogP contribution < -0.4 is 16.6 Å². The van der Waals surface area contributed by atoms with E-state index in [1.807, 2.05) is 0 Å². The van der Waals surface area contributed by atoms with E-state index in [9.17, 15) is 19.8 Å². The molecular weight excluding hydrogens is 238 g/mol. The maximum atomic E-state index is 11.7. The van der Waals surface area contributed by atoms with Gasteiger partial charge in [0.2, 0.25) is 0 Å². The van der Waals surface area contributed by atoms with Gasteiger partial charge in [0.05, 0.1) is 24.8 Å². The van der Waals surface area contributed by atoms with E-state index in [4.69, 9.17) is 0 Å². The lowest BCUT2D eigenvalue weighted by Crippen LogP contribution is -2.46. The monoisotopic (exact) mass is 255 g/mol. The summed E-state index contributed by atoms with van der Waals surface area (Å²) >= 11 is 0. The molecule has 1 saturated heterocycles. The van der Waals surface area contributed by atoms with Crippen molar-refractivity contribution in [2.24, 2.45) is 0 Å². The van der Waals surface area contributed by atoms with Crippen LogP contribution in [0.25, 0.3) is 0 Å². The summed E-state index contributed by atoms with van der Waals surface area (Å²) in [6.07, 6.45) is 1.95. The normalized spacial score (nSPS) is 22.3. The lowest BCUT2D eigenvalue weighted by Gasteiger charge is -2.24. The highest BCUT2D eigenvalue weighted by atomic mass is 16.3. The van der Waals surface area contributed by atoms with Crippen molar-refractivity contribution in [3.63, 3.8) is 0 Å². The molecule has 0 spiro atoms. The Morgan fingerprint density at radius 2 is 2.11 bits per heavy atom. The number of aryl methyl sites for hydroxylation is 1. The number of H-pyrrole nitrogens is 1. The third-order valence-electron chi connectivity index (χ3n) is 3.48. The zero-order chi connectivity index (χ0) is 13.3. The number of rotatable bonds is 3. The second-order valence-corrected chi connectivity index (χ2v) is 4.81. The topological polar surface area (TPSA) is 107 Å². The predicted molar refractivity (Wildman–Crippen MR) is 64.6 cm³/mol. The first-order valence-corrected chi connectivity index (χ1v) is 5.80. The van der Waals surface area contributed by atoms with Gasteiger partial charge in [-0.15, -0.1) is 0 Å². The van der Waals surface area contributed by atoms with Crippen molar-refractivity contribution in [1.29, 1.82) is 0 Å². The smallest absolute Gasteiger partial charge is 0.328 e. The summed E-state index contributed by atoms with van der Waals surface area (Å²) in [4.78, 5) is 25.3. The molecule has 100 valence electrons. The molecule has 1 aliphatic rings. The number of hydrogen-bond donors (Lipinski definition) is 4. The van der Waals surface area contributed by atoms with Gasteiger partial charge in [0.15, 0.2) is 0 Å². The van der Waals surface area contributed by atoms with Crippen LogP contribution in [0.3, 0.4) is 0 Å². The number of nitrogens with zero attached hydrogens (tertiary/aromatic N) is 1. The Hall–Kier alpha value is -1.44. The summed E-state index contributed by atoms with van der Waals surface area (Å²) in [5, 5.41) is 21.6. The van der Waals surface area contributed by atoms with Crippen molar-refractivity contribution in [2.75, 3.05) is 19.8 Å². The fourth-order valence-electron chi connectivity index (χ4n) is 2.27. The Morgan fingerprint density at radius 3 is 2.67 bits per heavy atom. The quantitative estimate of drug-likeness (QED) is 0.505. The molecule has 4 N–H and O–H groups in total. The second-order valence-electron chi connectivity index (χ2n) is 4.81. The van der Waals surface area contributed by atoms with Crippen LogP contribution in [0.5, 0.6) is 0 Å². The summed E-state index contributed by atoms with van der Waals surface area (Å²) in [5.74, 6) is 0. The van der Waals surface area contributed by atoms with Crippen molar-refractivity contribution in [2.45, 2.75) is 24.9 Å². The van der Waals surface area contributed by atoms with E-state index >= 15 is 0 Å². The van der Waals surface area contributed by atoms with Crippen LogP contribution in [0.4, 0.5) is 0 Å². The van der Waals surface area contributed by atoms with E-state index < -0.39 is 16.8 Å². The summed E-state index contributed by atoms with van der Waals surface area (Å²) in [5.41, 5.74) is -1.16. The molecule has 18 heavy (non-hydrogen) atoms. The van der Waals surface area contributed by atoms with Crippen LogP contribution in [0.1, 0.15) is 18.0 Å². The van der Waals surface area contributed by atoms with Gasteiger partial charge in [0, 0.05) is 18.3 Å². The number of aliphatic hydroxyl groups is 2. The molecule has 0 saturated carbocycles. The summed E-state index contributed by atoms with van der Waals surface area (Å²) in [6, 6.07) is -0.188. The molecule has 0 amide bonds. The predicted octanol–water partition coefficient (Wildman–Crippen LogP) is -1.90. The van der Waals surface area contributed by atoms with Crippen LogP contribution in [0.2, 0.25) is 0 Å². The average molecular weight is 255 g/mol. The standard InChI is InChI=1S/C11H17N3O4/c1-7-4-14(10(18)13-9(7)17)8-2-11(5-15,6-16)12-3-8/h4,8,12,15-16H,2-3,5-6H2,1H3,(H,13,17,18)/t8-/m0/s1. The van der Waals surface area contributed by atoms with Crippen LogP contribution in [-0.4, -0.2) is 45.1 Å². The molecule has 1 aromatic heterocycles. The Morgan fingerprint density at radius 1 is 1.44 bits per heavy atom. The molecule has 0 unspecified atom stereocenters. The van der Waals surface area contributed by atoms with E-state index in [0.717, 1.165) is 0 Å². The Bertz CT molecular complexity index is 544. The fourth-order valence-corrected chi connectivity index (χ4v) is 2.27. The van der Waals surface area contributed by atoms with Crippen LogP contribution in [0, 0.1) is 6.92 Å². The molecular formula is C11H17N3O4. The highest BCUT2D eigenvalue weighted by molar-refractivity contribution is 5.05. The van der Waals surface area contributed by atoms with Crippen molar-refractivity contribution in [3.05, 3.63) is 32.6 Å². The summed E-state index contributed by atoms with van der Waals surface area (Å²) < 4.78 is 1.44. The lowest BCUT2D eigenvalue weighted by atomic mass is 9.98. The van der Waals surface area contributed by atoms with Crippen molar-refractivity contribution < 1.29 is 10.2 Å². The van der Waals surface area contributed by atoms with Gasteiger partial charge in [-0.1, -0.05) is 0 Å². The van der Waals surface area contributed by atoms with Gasteiger partial charge in [-0.3, -0.25) is 14.3 Å². The zero-order valence-corrected chi connectivity index (χ0v) is 10.1. The van der Waals surface area contributed by atoms with Crippen molar-refractivity contribution in [1.82, 2.24) is 14.9 Å². The van der Waals surface area contributed by atoms with Crippen molar-refractivity contribution >= 4 is 0 Å². The van der Waals surface area contributed by atoms with Gasteiger partial charge in [0.1, 0.15) is 0 Å². The maximum Gasteiger partial charge on any atom is 0.328 e. The molecule has 1 aromatic rings. The van der Waals surface area contributed by atoms with Gasteiger partial charge in [-0.25, -0.2) is 4.79 Å². The number of aromatic amines is 1. The van der Waals surface area contributed by atoms with Crippen molar-refractivity contribution in [3.8, 4) is 0 Å². The van der Waals surface area contributed by atoms with Gasteiger partial charge >= 0.3 is 5.69 Å². The van der Waals surface area contributed by atoms with Crippen LogP contribution in [0.15, 0.2) is 15.8 Å². The Balaban J connectivity index is 2.33. The third kappa shape index (κ3) is 2.12. The molecule has 1 fully saturated rings. The third-order valence-corrected chi connectivity index (χ3v) is 3.48. The first-order chi connectivity index (χ1) is 8.51. The number of aliphatic hydroxyl groups excluding tert-OH is 2. The Labute approximate surface area is 103 Å². The minimum Gasteiger partial charge on any atom is -0.394 e. The van der Waals surface area contributed by atoms with Gasteiger partial charge < -0.3 is 15.5 Å². The van der Waals surface area contributed by atoms with E-state index in [1.165, 1.54) is 10.8 Å². The lowest BCUT2D eigenvalue weighted by molar-refractivity contribution is 0.104. The number of hydrogen-bond acceptors (Lipinski definition) is 5. The Kier molecular flexibility index (Phi) is 3.38. The van der Waals surface area contributed by atoms with Gasteiger partial charge in [-0.05, 0) is 13.3 Å². The van der Waals surface area contributed by atoms with E-state index in [2.05, 4.69) is 10.3 Å². The first-order valence-electron chi connectivity index (χ1n) is 5.80. The number of nitrogens with one attached hydrogen (secondary N) is 2. The SMILES string of the molecule is Cc1cn([C@@H]2CNC(CO)(CO)C2)c(=O)[nH]c1=O. The minimum atomic E-state index is -0.756. The fraction of sp³-hybridized carbons (Fsp3) is 0.636. The molecule has 0 aliphatic carbocycles. The molecule has 7 heteroatoms. The molecule has 1 aliphatic heterocycles. The highest BCUT2D eigenvalue weighted by Gasteiger charge is 2.38.